The lowest BCUT2D eigenvalue weighted by Crippen LogP contribution is -2.03. The Labute approximate surface area is 119 Å². The number of aromatic nitrogens is 2. The second-order valence-electron chi connectivity index (χ2n) is 4.63. The monoisotopic (exact) mass is 286 g/mol. The Morgan fingerprint density at radius 1 is 0.952 bits per heavy atom. The summed E-state index contributed by atoms with van der Waals surface area (Å²) in [7, 11) is 0. The number of halogens is 2. The van der Waals surface area contributed by atoms with Gasteiger partial charge >= 0.3 is 0 Å². The highest BCUT2D eigenvalue weighted by Gasteiger charge is 2.20. The smallest absolute Gasteiger partial charge is 0.129 e. The van der Waals surface area contributed by atoms with E-state index < -0.39 is 11.9 Å². The number of nitrogens with one attached hydrogen (secondary N) is 1. The molecule has 0 saturated carbocycles. The van der Waals surface area contributed by atoms with Crippen molar-refractivity contribution in [3.8, 4) is 11.3 Å². The summed E-state index contributed by atoms with van der Waals surface area (Å²) < 4.78 is 26.8. The van der Waals surface area contributed by atoms with Gasteiger partial charge in [0.1, 0.15) is 17.7 Å². The van der Waals surface area contributed by atoms with Gasteiger partial charge < -0.3 is 5.11 Å². The summed E-state index contributed by atoms with van der Waals surface area (Å²) in [6.45, 7) is 0. The van der Waals surface area contributed by atoms with Crippen LogP contribution in [0, 0.1) is 11.6 Å². The van der Waals surface area contributed by atoms with E-state index in [0.29, 0.717) is 16.8 Å². The number of aromatic amines is 1. The fourth-order valence-electron chi connectivity index (χ4n) is 2.21. The minimum Gasteiger partial charge on any atom is -0.383 e. The predicted molar refractivity (Wildman–Crippen MR) is 74.4 cm³/mol. The van der Waals surface area contributed by atoms with Gasteiger partial charge in [0.2, 0.25) is 0 Å². The molecule has 2 aromatic carbocycles. The van der Waals surface area contributed by atoms with Crippen LogP contribution in [0.3, 0.4) is 0 Å². The van der Waals surface area contributed by atoms with Gasteiger partial charge in [-0.05, 0) is 30.3 Å². The van der Waals surface area contributed by atoms with Crippen LogP contribution in [0.1, 0.15) is 17.2 Å². The summed E-state index contributed by atoms with van der Waals surface area (Å²) in [4.78, 5) is 0. The maximum atomic E-state index is 13.8. The Morgan fingerprint density at radius 3 is 2.38 bits per heavy atom. The molecule has 3 rings (SSSR count). The van der Waals surface area contributed by atoms with E-state index in [9.17, 15) is 13.9 Å². The van der Waals surface area contributed by atoms with Crippen molar-refractivity contribution in [3.05, 3.63) is 77.5 Å². The third-order valence-corrected chi connectivity index (χ3v) is 3.30. The molecule has 0 saturated heterocycles. The zero-order valence-electron chi connectivity index (χ0n) is 10.9. The number of hydrogen-bond acceptors (Lipinski definition) is 2. The van der Waals surface area contributed by atoms with Crippen LogP contribution in [0.25, 0.3) is 11.3 Å². The van der Waals surface area contributed by atoms with Crippen LogP contribution in [0.5, 0.6) is 0 Å². The standard InChI is InChI=1S/C16H12F2N2O/c17-11-7-5-10(6-8-11)15-13(9-19-20-15)16(21)12-3-1-2-4-14(12)18/h1-9,16,21H,(H,19,20). The van der Waals surface area contributed by atoms with Crippen molar-refractivity contribution in [2.75, 3.05) is 0 Å². The molecule has 21 heavy (non-hydrogen) atoms. The zero-order valence-corrected chi connectivity index (χ0v) is 10.9. The van der Waals surface area contributed by atoms with E-state index in [4.69, 9.17) is 0 Å². The normalized spacial score (nSPS) is 12.3. The Kier molecular flexibility index (Phi) is 3.50. The number of benzene rings is 2. The van der Waals surface area contributed by atoms with Crippen molar-refractivity contribution in [1.82, 2.24) is 10.2 Å². The maximum absolute atomic E-state index is 13.8. The van der Waals surface area contributed by atoms with E-state index in [1.54, 1.807) is 24.3 Å². The molecule has 0 spiro atoms. The predicted octanol–water partition coefficient (Wildman–Crippen LogP) is 3.44. The van der Waals surface area contributed by atoms with Crippen molar-refractivity contribution in [2.24, 2.45) is 0 Å². The summed E-state index contributed by atoms with van der Waals surface area (Å²) >= 11 is 0. The lowest BCUT2D eigenvalue weighted by molar-refractivity contribution is 0.215. The number of aliphatic hydroxyl groups is 1. The van der Waals surface area contributed by atoms with Gasteiger partial charge in [-0.2, -0.15) is 5.10 Å². The molecular weight excluding hydrogens is 274 g/mol. The molecule has 2 N–H and O–H groups in total. The second kappa shape index (κ2) is 5.46. The van der Waals surface area contributed by atoms with Crippen LogP contribution in [0.15, 0.2) is 54.7 Å². The summed E-state index contributed by atoms with van der Waals surface area (Å²) in [5, 5.41) is 17.0. The SMILES string of the molecule is OC(c1ccccc1F)c1cn[nH]c1-c1ccc(F)cc1. The molecule has 1 unspecified atom stereocenters. The Balaban J connectivity index is 2.03. The summed E-state index contributed by atoms with van der Waals surface area (Å²) in [5.74, 6) is -0.842. The number of rotatable bonds is 3. The molecule has 3 aromatic rings. The first kappa shape index (κ1) is 13.5. The molecule has 1 atom stereocenters. The first-order valence-corrected chi connectivity index (χ1v) is 6.38. The van der Waals surface area contributed by atoms with Crippen molar-refractivity contribution in [1.29, 1.82) is 0 Å². The molecule has 3 nitrogen and oxygen atoms in total. The van der Waals surface area contributed by atoms with E-state index in [-0.39, 0.29) is 11.4 Å². The largest absolute Gasteiger partial charge is 0.383 e. The van der Waals surface area contributed by atoms with Gasteiger partial charge in [-0.1, -0.05) is 18.2 Å². The van der Waals surface area contributed by atoms with Gasteiger partial charge in [0.25, 0.3) is 0 Å². The highest BCUT2D eigenvalue weighted by atomic mass is 19.1. The first-order valence-electron chi connectivity index (χ1n) is 6.38. The lowest BCUT2D eigenvalue weighted by atomic mass is 9.98. The molecule has 0 bridgehead atoms. The van der Waals surface area contributed by atoms with E-state index >= 15 is 0 Å². The minimum atomic E-state index is -1.15. The van der Waals surface area contributed by atoms with Crippen LogP contribution >= 0.6 is 0 Å². The van der Waals surface area contributed by atoms with Gasteiger partial charge in [-0.15, -0.1) is 0 Å². The van der Waals surface area contributed by atoms with Gasteiger partial charge in [-0.3, -0.25) is 5.10 Å². The molecule has 1 aromatic heterocycles. The summed E-state index contributed by atoms with van der Waals surface area (Å²) in [5.41, 5.74) is 1.80. The van der Waals surface area contributed by atoms with Gasteiger partial charge in [0, 0.05) is 16.7 Å². The molecule has 1 heterocycles. The highest BCUT2D eigenvalue weighted by molar-refractivity contribution is 5.63. The third kappa shape index (κ3) is 2.55. The minimum absolute atomic E-state index is 0.169. The van der Waals surface area contributed by atoms with Gasteiger partial charge in [-0.25, -0.2) is 8.78 Å². The van der Waals surface area contributed by atoms with Crippen LogP contribution in [-0.2, 0) is 0 Å². The Hall–Kier alpha value is -2.53. The van der Waals surface area contributed by atoms with Gasteiger partial charge in [0.15, 0.2) is 0 Å². The molecule has 0 amide bonds. The average molecular weight is 286 g/mol. The van der Waals surface area contributed by atoms with Crippen LogP contribution < -0.4 is 0 Å². The van der Waals surface area contributed by atoms with E-state index in [1.165, 1.54) is 30.5 Å². The average Bonchev–Trinajstić information content (AvgIpc) is 2.97. The fraction of sp³-hybridized carbons (Fsp3) is 0.0625. The fourth-order valence-corrected chi connectivity index (χ4v) is 2.21. The maximum Gasteiger partial charge on any atom is 0.129 e. The number of H-pyrrole nitrogens is 1. The third-order valence-electron chi connectivity index (χ3n) is 3.30. The van der Waals surface area contributed by atoms with E-state index in [1.807, 2.05) is 0 Å². The van der Waals surface area contributed by atoms with Crippen LogP contribution in [-0.4, -0.2) is 15.3 Å². The van der Waals surface area contributed by atoms with Crippen LogP contribution in [0.4, 0.5) is 8.78 Å². The summed E-state index contributed by atoms with van der Waals surface area (Å²) in [6, 6.07) is 11.8. The Bertz CT molecular complexity index is 753. The number of hydrogen-bond donors (Lipinski definition) is 2. The molecule has 0 aliphatic heterocycles. The lowest BCUT2D eigenvalue weighted by Gasteiger charge is -2.12. The molecule has 5 heteroatoms. The second-order valence-corrected chi connectivity index (χ2v) is 4.63. The highest BCUT2D eigenvalue weighted by Crippen LogP contribution is 2.31. The van der Waals surface area contributed by atoms with Gasteiger partial charge in [0.05, 0.1) is 11.9 Å². The van der Waals surface area contributed by atoms with Crippen molar-refractivity contribution < 1.29 is 13.9 Å². The van der Waals surface area contributed by atoms with Crippen molar-refractivity contribution in [3.63, 3.8) is 0 Å². The zero-order chi connectivity index (χ0) is 14.8. The first-order chi connectivity index (χ1) is 10.2. The van der Waals surface area contributed by atoms with Crippen LogP contribution in [0.2, 0.25) is 0 Å². The molecule has 0 aliphatic rings. The molecule has 0 radical (unpaired) electrons. The molecule has 0 fully saturated rings. The molecule has 0 aliphatic carbocycles. The molecular formula is C16H12F2N2O. The quantitative estimate of drug-likeness (QED) is 0.775. The Morgan fingerprint density at radius 2 is 1.67 bits per heavy atom. The number of nitrogens with zero attached hydrogens (tertiary/aromatic N) is 1. The molecule has 106 valence electrons. The van der Waals surface area contributed by atoms with Crippen molar-refractivity contribution in [2.45, 2.75) is 6.10 Å². The van der Waals surface area contributed by atoms with E-state index in [2.05, 4.69) is 10.2 Å². The number of aliphatic hydroxyl groups excluding tert-OH is 1. The summed E-state index contributed by atoms with van der Waals surface area (Å²) in [6.07, 6.45) is 0.292. The topological polar surface area (TPSA) is 48.9 Å². The van der Waals surface area contributed by atoms with Crippen molar-refractivity contribution >= 4 is 0 Å². The van der Waals surface area contributed by atoms with E-state index in [0.717, 1.165) is 0 Å².